The molecule has 0 nitrogen and oxygen atoms in total. The first-order valence-electron chi connectivity index (χ1n) is 1.91. The van der Waals surface area contributed by atoms with Crippen LogP contribution in [0.1, 0.15) is 20.8 Å². The van der Waals surface area contributed by atoms with Gasteiger partial charge in [-0.25, -0.2) is 0 Å². The molecule has 0 aliphatic heterocycles. The fraction of sp³-hybridized carbons (Fsp3) is 1.00. The third-order valence-corrected chi connectivity index (χ3v) is 4.86. The SMILES string of the molecule is CC(C)(C)[P]=[Mo]. The van der Waals surface area contributed by atoms with Crippen LogP contribution in [0.2, 0.25) is 0 Å². The van der Waals surface area contributed by atoms with Crippen LogP contribution in [0.25, 0.3) is 0 Å². The molecule has 0 radical (unpaired) electrons. The van der Waals surface area contributed by atoms with Gasteiger partial charge in [0.25, 0.3) is 0 Å². The second kappa shape index (κ2) is 2.34. The zero-order valence-electron chi connectivity index (χ0n) is 4.36. The van der Waals surface area contributed by atoms with Crippen molar-refractivity contribution in [1.29, 1.82) is 0 Å². The van der Waals surface area contributed by atoms with Crippen LogP contribution >= 0.6 is 6.21 Å². The van der Waals surface area contributed by atoms with Crippen molar-refractivity contribution in [2.75, 3.05) is 0 Å². The third kappa shape index (κ3) is 4.99. The van der Waals surface area contributed by atoms with Gasteiger partial charge in [-0.2, -0.15) is 0 Å². The van der Waals surface area contributed by atoms with Gasteiger partial charge in [0.15, 0.2) is 0 Å². The van der Waals surface area contributed by atoms with Crippen LogP contribution < -0.4 is 0 Å². The molecular weight excluding hydrogens is 175 g/mol. The van der Waals surface area contributed by atoms with E-state index >= 15 is 0 Å². The predicted molar refractivity (Wildman–Crippen MR) is 26.7 cm³/mol. The molecule has 0 aliphatic rings. The Morgan fingerprint density at radius 1 is 1.33 bits per heavy atom. The first kappa shape index (κ1) is 6.99. The quantitative estimate of drug-likeness (QED) is 0.399. The first-order valence-corrected chi connectivity index (χ1v) is 5.41. The van der Waals surface area contributed by atoms with Gasteiger partial charge in [0.1, 0.15) is 0 Å². The molecule has 0 saturated heterocycles. The van der Waals surface area contributed by atoms with Crippen LogP contribution in [0.3, 0.4) is 0 Å². The van der Waals surface area contributed by atoms with Gasteiger partial charge >= 0.3 is 50.9 Å². The maximum atomic E-state index is 2.23. The van der Waals surface area contributed by atoms with Crippen molar-refractivity contribution in [3.8, 4) is 0 Å². The molecule has 0 bridgehead atoms. The van der Waals surface area contributed by atoms with E-state index in [2.05, 4.69) is 39.6 Å². The summed E-state index contributed by atoms with van der Waals surface area (Å²) in [5, 5.41) is 0.518. The molecule has 0 amide bonds. The van der Waals surface area contributed by atoms with E-state index in [0.29, 0.717) is 5.16 Å². The van der Waals surface area contributed by atoms with E-state index in [1.807, 2.05) is 0 Å². The van der Waals surface area contributed by atoms with Crippen molar-refractivity contribution in [2.45, 2.75) is 25.9 Å². The van der Waals surface area contributed by atoms with E-state index in [4.69, 9.17) is 0 Å². The van der Waals surface area contributed by atoms with Gasteiger partial charge in [0.05, 0.1) is 0 Å². The Balaban J connectivity index is 3.45. The van der Waals surface area contributed by atoms with Gasteiger partial charge in [-0.15, -0.1) is 0 Å². The molecule has 0 aromatic carbocycles. The van der Waals surface area contributed by atoms with E-state index in [0.717, 1.165) is 0 Å². The van der Waals surface area contributed by atoms with Crippen LogP contribution in [0.15, 0.2) is 0 Å². The zero-order chi connectivity index (χ0) is 5.21. The second-order valence-corrected chi connectivity index (χ2v) is 5.13. The molecule has 0 N–H and O–H groups in total. The van der Waals surface area contributed by atoms with Crippen molar-refractivity contribution in [3.63, 3.8) is 0 Å². The maximum absolute atomic E-state index is 2.23. The minimum absolute atomic E-state index is 0.518. The monoisotopic (exact) mass is 186 g/mol. The Bertz CT molecular complexity index is 53.1. The summed E-state index contributed by atoms with van der Waals surface area (Å²) in [7, 11) is 0. The summed E-state index contributed by atoms with van der Waals surface area (Å²) in [6, 6.07) is 0. The summed E-state index contributed by atoms with van der Waals surface area (Å²) in [5.41, 5.74) is 0. The van der Waals surface area contributed by atoms with Crippen molar-refractivity contribution in [1.82, 2.24) is 0 Å². The number of rotatable bonds is 0. The normalized spacial score (nSPS) is 12.5. The van der Waals surface area contributed by atoms with E-state index in [9.17, 15) is 0 Å². The van der Waals surface area contributed by atoms with Crippen LogP contribution in [0, 0.1) is 0 Å². The molecule has 0 unspecified atom stereocenters. The second-order valence-electron chi connectivity index (χ2n) is 2.26. The molecule has 0 fully saturated rings. The summed E-state index contributed by atoms with van der Waals surface area (Å²) in [4.78, 5) is 0. The van der Waals surface area contributed by atoms with Crippen LogP contribution in [-0.2, 0) is 18.8 Å². The number of hydrogen-bond donors (Lipinski definition) is 0. The Morgan fingerprint density at radius 3 is 1.50 bits per heavy atom. The fourth-order valence-electron chi connectivity index (χ4n) is 0. The molecule has 0 heterocycles. The summed E-state index contributed by atoms with van der Waals surface area (Å²) >= 11 is 2.12. The zero-order valence-corrected chi connectivity index (χ0v) is 7.26. The Hall–Kier alpha value is 0.988. The predicted octanol–water partition coefficient (Wildman–Crippen LogP) is 2.19. The summed E-state index contributed by atoms with van der Waals surface area (Å²) in [5.74, 6) is 0. The Kier molecular flexibility index (Phi) is 2.72. The average Bonchev–Trinajstić information content (AvgIpc) is 1.35. The van der Waals surface area contributed by atoms with Crippen LogP contribution in [-0.4, -0.2) is 5.16 Å². The summed E-state index contributed by atoms with van der Waals surface area (Å²) < 4.78 is 0. The molecule has 2 heteroatoms. The molecule has 0 aromatic heterocycles. The molecule has 0 spiro atoms. The van der Waals surface area contributed by atoms with Crippen molar-refractivity contribution in [3.05, 3.63) is 0 Å². The first-order chi connectivity index (χ1) is 2.56. The van der Waals surface area contributed by atoms with E-state index in [1.54, 1.807) is 0 Å². The summed E-state index contributed by atoms with van der Waals surface area (Å²) in [6.45, 7) is 6.70. The minimum atomic E-state index is 0.518. The molecule has 6 heavy (non-hydrogen) atoms. The topological polar surface area (TPSA) is 0 Å². The van der Waals surface area contributed by atoms with Gasteiger partial charge in [-0.3, -0.25) is 0 Å². The Morgan fingerprint density at radius 2 is 1.50 bits per heavy atom. The van der Waals surface area contributed by atoms with E-state index < -0.39 is 0 Å². The number of hydrogen-bond acceptors (Lipinski definition) is 0. The molecular formula is C4H9MoP. The van der Waals surface area contributed by atoms with Gasteiger partial charge in [0.2, 0.25) is 0 Å². The standard InChI is InChI=1S/C4H9P.Mo/c1-4(2,3)5;/h1-3H3;. The Labute approximate surface area is 51.3 Å². The molecule has 0 atom stereocenters. The fourth-order valence-corrected chi connectivity index (χ4v) is 0. The van der Waals surface area contributed by atoms with Gasteiger partial charge in [-0.05, 0) is 0 Å². The molecule has 0 saturated carbocycles. The average molecular weight is 184 g/mol. The van der Waals surface area contributed by atoms with Gasteiger partial charge in [0, 0.05) is 0 Å². The van der Waals surface area contributed by atoms with Crippen LogP contribution in [0.5, 0.6) is 0 Å². The van der Waals surface area contributed by atoms with Crippen molar-refractivity contribution in [2.24, 2.45) is 0 Å². The van der Waals surface area contributed by atoms with Crippen LogP contribution in [0.4, 0.5) is 0 Å². The molecule has 0 rings (SSSR count). The van der Waals surface area contributed by atoms with Gasteiger partial charge < -0.3 is 0 Å². The van der Waals surface area contributed by atoms with Gasteiger partial charge in [-0.1, -0.05) is 0 Å². The van der Waals surface area contributed by atoms with E-state index in [1.165, 1.54) is 6.21 Å². The van der Waals surface area contributed by atoms with E-state index in [-0.39, 0.29) is 0 Å². The summed E-state index contributed by atoms with van der Waals surface area (Å²) in [6.07, 6.45) is 1.48. The third-order valence-electron chi connectivity index (χ3n) is 0.274. The van der Waals surface area contributed by atoms with Crippen molar-refractivity contribution < 1.29 is 18.8 Å². The molecule has 36 valence electrons. The van der Waals surface area contributed by atoms with Crippen molar-refractivity contribution >= 4 is 6.21 Å². The molecule has 0 aliphatic carbocycles. The molecule has 0 aromatic rings.